The fourth-order valence-corrected chi connectivity index (χ4v) is 2.52. The number of nitrogens with one attached hydrogen (secondary N) is 2. The van der Waals surface area contributed by atoms with E-state index in [1.165, 1.54) is 17.4 Å². The highest BCUT2D eigenvalue weighted by atomic mass is 32.1. The second-order valence-corrected chi connectivity index (χ2v) is 5.56. The summed E-state index contributed by atoms with van der Waals surface area (Å²) in [6, 6.07) is 5.91. The Morgan fingerprint density at radius 2 is 2.05 bits per heavy atom. The van der Waals surface area contributed by atoms with E-state index in [2.05, 4.69) is 10.6 Å². The molecule has 0 aliphatic carbocycles. The van der Waals surface area contributed by atoms with E-state index in [4.69, 9.17) is 0 Å². The lowest BCUT2D eigenvalue weighted by Crippen LogP contribution is -2.38. The Bertz CT molecular complexity index is 674. The normalized spacial score (nSPS) is 11.8. The lowest BCUT2D eigenvalue weighted by atomic mass is 10.1. The van der Waals surface area contributed by atoms with Crippen LogP contribution < -0.4 is 10.6 Å². The average molecular weight is 324 g/mol. The van der Waals surface area contributed by atoms with Crippen LogP contribution in [0.15, 0.2) is 35.7 Å². The molecule has 1 aromatic carbocycles. The van der Waals surface area contributed by atoms with Gasteiger partial charge in [0.1, 0.15) is 11.6 Å². The zero-order valence-electron chi connectivity index (χ0n) is 11.7. The first-order valence-electron chi connectivity index (χ1n) is 6.53. The average Bonchev–Trinajstić information content (AvgIpc) is 2.98. The van der Waals surface area contributed by atoms with Crippen molar-refractivity contribution < 1.29 is 18.4 Å². The van der Waals surface area contributed by atoms with Crippen LogP contribution in [0.2, 0.25) is 0 Å². The molecule has 1 heterocycles. The minimum absolute atomic E-state index is 0.180. The Hall–Kier alpha value is -2.28. The molecule has 2 rings (SSSR count). The first-order valence-corrected chi connectivity index (χ1v) is 7.41. The van der Waals surface area contributed by atoms with E-state index in [9.17, 15) is 18.4 Å². The molecular formula is C15H14F2N2O2S. The molecule has 7 heteroatoms. The number of carbonyl (C=O) groups excluding carboxylic acids is 2. The number of halogens is 2. The lowest BCUT2D eigenvalue weighted by molar-refractivity contribution is -0.120. The van der Waals surface area contributed by atoms with Gasteiger partial charge >= 0.3 is 0 Å². The van der Waals surface area contributed by atoms with E-state index in [0.717, 1.165) is 12.1 Å². The number of hydrogen-bond acceptors (Lipinski definition) is 3. The molecular weight excluding hydrogens is 310 g/mol. The predicted octanol–water partition coefficient (Wildman–Crippen LogP) is 2.63. The first-order chi connectivity index (χ1) is 10.5. The number of carbonyl (C=O) groups is 2. The van der Waals surface area contributed by atoms with Gasteiger partial charge in [-0.2, -0.15) is 0 Å². The van der Waals surface area contributed by atoms with Gasteiger partial charge in [0, 0.05) is 11.6 Å². The minimum Gasteiger partial charge on any atom is -0.348 e. The van der Waals surface area contributed by atoms with Gasteiger partial charge in [0.25, 0.3) is 5.91 Å². The number of amides is 2. The molecule has 0 spiro atoms. The number of hydrogen-bond donors (Lipinski definition) is 2. The Labute approximate surface area is 130 Å². The molecule has 116 valence electrons. The van der Waals surface area contributed by atoms with Crippen molar-refractivity contribution >= 4 is 23.2 Å². The third-order valence-electron chi connectivity index (χ3n) is 2.96. The molecule has 0 aliphatic rings. The zero-order valence-corrected chi connectivity index (χ0v) is 12.5. The van der Waals surface area contributed by atoms with Crippen LogP contribution in [0.4, 0.5) is 8.78 Å². The minimum atomic E-state index is -0.726. The SMILES string of the molecule is C[C@H](NC(=O)CNC(=O)c1cccs1)c1ccc(F)cc1F. The highest BCUT2D eigenvalue weighted by Gasteiger charge is 2.15. The van der Waals surface area contributed by atoms with E-state index in [0.29, 0.717) is 4.88 Å². The fourth-order valence-electron chi connectivity index (χ4n) is 1.88. The molecule has 4 nitrogen and oxygen atoms in total. The highest BCUT2D eigenvalue weighted by molar-refractivity contribution is 7.12. The summed E-state index contributed by atoms with van der Waals surface area (Å²) in [5.41, 5.74) is 0.180. The van der Waals surface area contributed by atoms with Crippen molar-refractivity contribution in [2.75, 3.05) is 6.54 Å². The molecule has 22 heavy (non-hydrogen) atoms. The number of rotatable bonds is 5. The molecule has 1 aromatic heterocycles. The van der Waals surface area contributed by atoms with Crippen molar-refractivity contribution in [2.45, 2.75) is 13.0 Å². The van der Waals surface area contributed by atoms with Gasteiger partial charge in [0.05, 0.1) is 17.5 Å². The summed E-state index contributed by atoms with van der Waals surface area (Å²) in [4.78, 5) is 23.9. The maximum absolute atomic E-state index is 13.6. The molecule has 2 aromatic rings. The van der Waals surface area contributed by atoms with Gasteiger partial charge in [0.2, 0.25) is 5.91 Å². The van der Waals surface area contributed by atoms with Crippen LogP contribution in [-0.4, -0.2) is 18.4 Å². The molecule has 0 saturated heterocycles. The van der Waals surface area contributed by atoms with E-state index >= 15 is 0 Å². The van der Waals surface area contributed by atoms with E-state index < -0.39 is 23.6 Å². The quantitative estimate of drug-likeness (QED) is 0.888. The Balaban J connectivity index is 1.87. The monoisotopic (exact) mass is 324 g/mol. The van der Waals surface area contributed by atoms with Crippen LogP contribution in [0.25, 0.3) is 0 Å². The van der Waals surface area contributed by atoms with Gasteiger partial charge < -0.3 is 10.6 Å². The van der Waals surface area contributed by atoms with Gasteiger partial charge in [-0.05, 0) is 24.4 Å². The molecule has 0 saturated carbocycles. The topological polar surface area (TPSA) is 58.2 Å². The van der Waals surface area contributed by atoms with Crippen molar-refractivity contribution in [1.82, 2.24) is 10.6 Å². The smallest absolute Gasteiger partial charge is 0.261 e. The highest BCUT2D eigenvalue weighted by Crippen LogP contribution is 2.17. The molecule has 0 radical (unpaired) electrons. The standard InChI is InChI=1S/C15H14F2N2O2S/c1-9(11-5-4-10(16)7-12(11)17)19-14(20)8-18-15(21)13-3-2-6-22-13/h2-7,9H,8H2,1H3,(H,18,21)(H,19,20)/t9-/m0/s1. The molecule has 0 fully saturated rings. The maximum atomic E-state index is 13.6. The van der Waals surface area contributed by atoms with Crippen molar-refractivity contribution in [3.8, 4) is 0 Å². The Morgan fingerprint density at radius 3 is 2.68 bits per heavy atom. The van der Waals surface area contributed by atoms with E-state index in [1.807, 2.05) is 0 Å². The van der Waals surface area contributed by atoms with Crippen LogP contribution >= 0.6 is 11.3 Å². The fraction of sp³-hybridized carbons (Fsp3) is 0.200. The van der Waals surface area contributed by atoms with Gasteiger partial charge in [-0.3, -0.25) is 9.59 Å². The lowest BCUT2D eigenvalue weighted by Gasteiger charge is -2.15. The van der Waals surface area contributed by atoms with Gasteiger partial charge in [-0.1, -0.05) is 12.1 Å². The maximum Gasteiger partial charge on any atom is 0.261 e. The summed E-state index contributed by atoms with van der Waals surface area (Å²) < 4.78 is 26.4. The third-order valence-corrected chi connectivity index (χ3v) is 3.83. The summed E-state index contributed by atoms with van der Waals surface area (Å²) in [5.74, 6) is -2.20. The summed E-state index contributed by atoms with van der Waals surface area (Å²) in [6.07, 6.45) is 0. The van der Waals surface area contributed by atoms with E-state index in [1.54, 1.807) is 24.4 Å². The molecule has 0 bridgehead atoms. The molecule has 1 atom stereocenters. The van der Waals surface area contributed by atoms with E-state index in [-0.39, 0.29) is 18.0 Å². The van der Waals surface area contributed by atoms with Crippen LogP contribution in [0.1, 0.15) is 28.2 Å². The van der Waals surface area contributed by atoms with Crippen LogP contribution in [0, 0.1) is 11.6 Å². The predicted molar refractivity (Wildman–Crippen MR) is 79.6 cm³/mol. The second-order valence-electron chi connectivity index (χ2n) is 4.62. The Kier molecular flexibility index (Phi) is 5.21. The van der Waals surface area contributed by atoms with Crippen LogP contribution in [-0.2, 0) is 4.79 Å². The molecule has 0 unspecified atom stereocenters. The zero-order chi connectivity index (χ0) is 16.1. The third kappa shape index (κ3) is 4.11. The number of thiophene rings is 1. The van der Waals surface area contributed by atoms with Gasteiger partial charge in [-0.15, -0.1) is 11.3 Å². The molecule has 0 aliphatic heterocycles. The summed E-state index contributed by atoms with van der Waals surface area (Å²) in [5, 5.41) is 6.77. The molecule has 2 N–H and O–H groups in total. The number of benzene rings is 1. The van der Waals surface area contributed by atoms with Gasteiger partial charge in [-0.25, -0.2) is 8.78 Å². The second kappa shape index (κ2) is 7.13. The van der Waals surface area contributed by atoms with Crippen LogP contribution in [0.3, 0.4) is 0 Å². The summed E-state index contributed by atoms with van der Waals surface area (Å²) >= 11 is 1.27. The van der Waals surface area contributed by atoms with Crippen molar-refractivity contribution in [3.63, 3.8) is 0 Å². The Morgan fingerprint density at radius 1 is 1.27 bits per heavy atom. The van der Waals surface area contributed by atoms with Crippen molar-refractivity contribution in [1.29, 1.82) is 0 Å². The molecule has 2 amide bonds. The first kappa shape index (κ1) is 16.1. The largest absolute Gasteiger partial charge is 0.348 e. The van der Waals surface area contributed by atoms with Crippen LogP contribution in [0.5, 0.6) is 0 Å². The summed E-state index contributed by atoms with van der Waals surface area (Å²) in [6.45, 7) is 1.36. The van der Waals surface area contributed by atoms with Crippen molar-refractivity contribution in [3.05, 3.63) is 57.8 Å². The van der Waals surface area contributed by atoms with Gasteiger partial charge in [0.15, 0.2) is 0 Å². The van der Waals surface area contributed by atoms with Crippen molar-refractivity contribution in [2.24, 2.45) is 0 Å². The summed E-state index contributed by atoms with van der Waals surface area (Å²) in [7, 11) is 0.